The highest BCUT2D eigenvalue weighted by molar-refractivity contribution is 5.73. The van der Waals surface area contributed by atoms with Gasteiger partial charge in [0.2, 0.25) is 0 Å². The Labute approximate surface area is 85.2 Å². The van der Waals surface area contributed by atoms with Crippen LogP contribution in [0, 0.1) is 6.92 Å². The Morgan fingerprint density at radius 3 is 1.86 bits per heavy atom. The SMILES string of the molecule is C=C(C)c1c(OC)cc(C)cc1OC. The Bertz CT molecular complexity index is 328. The van der Waals surface area contributed by atoms with E-state index in [-0.39, 0.29) is 0 Å². The van der Waals surface area contributed by atoms with Crippen molar-refractivity contribution in [2.75, 3.05) is 14.2 Å². The monoisotopic (exact) mass is 192 g/mol. The molecule has 0 fully saturated rings. The van der Waals surface area contributed by atoms with Gasteiger partial charge in [0.05, 0.1) is 19.8 Å². The molecule has 0 unspecified atom stereocenters. The molecule has 2 heteroatoms. The molecule has 0 spiro atoms. The van der Waals surface area contributed by atoms with Gasteiger partial charge in [0.15, 0.2) is 0 Å². The molecule has 1 aromatic rings. The summed E-state index contributed by atoms with van der Waals surface area (Å²) in [4.78, 5) is 0. The molecule has 0 aromatic heterocycles. The van der Waals surface area contributed by atoms with Crippen molar-refractivity contribution in [1.82, 2.24) is 0 Å². The minimum atomic E-state index is 0.814. The maximum absolute atomic E-state index is 5.29. The summed E-state index contributed by atoms with van der Waals surface area (Å²) in [6.07, 6.45) is 0. The van der Waals surface area contributed by atoms with Gasteiger partial charge in [-0.05, 0) is 37.1 Å². The predicted octanol–water partition coefficient (Wildman–Crippen LogP) is 3.05. The third-order valence-electron chi connectivity index (χ3n) is 2.08. The van der Waals surface area contributed by atoms with Crippen LogP contribution in [0.25, 0.3) is 5.57 Å². The Kier molecular flexibility index (Phi) is 3.18. The number of methoxy groups -OCH3 is 2. The summed E-state index contributed by atoms with van der Waals surface area (Å²) >= 11 is 0. The minimum absolute atomic E-state index is 0.814. The largest absolute Gasteiger partial charge is 0.496 e. The highest BCUT2D eigenvalue weighted by Crippen LogP contribution is 2.34. The standard InChI is InChI=1S/C12H16O2/c1-8(2)12-10(13-4)6-9(3)7-11(12)14-5/h6-7H,1H2,2-5H3. The Hall–Kier alpha value is -1.44. The molecular weight excluding hydrogens is 176 g/mol. The van der Waals surface area contributed by atoms with Crippen LogP contribution in [0.1, 0.15) is 18.1 Å². The highest BCUT2D eigenvalue weighted by atomic mass is 16.5. The predicted molar refractivity (Wildman–Crippen MR) is 59.0 cm³/mol. The van der Waals surface area contributed by atoms with Crippen molar-refractivity contribution < 1.29 is 9.47 Å². The normalized spacial score (nSPS) is 9.71. The van der Waals surface area contributed by atoms with Crippen LogP contribution in [-0.2, 0) is 0 Å². The Morgan fingerprint density at radius 1 is 1.14 bits per heavy atom. The molecule has 0 saturated carbocycles. The fourth-order valence-electron chi connectivity index (χ4n) is 1.46. The number of hydrogen-bond donors (Lipinski definition) is 0. The molecule has 0 saturated heterocycles. The maximum atomic E-state index is 5.29. The highest BCUT2D eigenvalue weighted by Gasteiger charge is 2.11. The van der Waals surface area contributed by atoms with E-state index in [9.17, 15) is 0 Å². The lowest BCUT2D eigenvalue weighted by atomic mass is 10.0. The molecule has 14 heavy (non-hydrogen) atoms. The van der Waals surface area contributed by atoms with Crippen LogP contribution >= 0.6 is 0 Å². The number of hydrogen-bond acceptors (Lipinski definition) is 2. The fourth-order valence-corrected chi connectivity index (χ4v) is 1.46. The van der Waals surface area contributed by atoms with E-state index in [4.69, 9.17) is 9.47 Å². The number of benzene rings is 1. The second kappa shape index (κ2) is 4.18. The first-order valence-electron chi connectivity index (χ1n) is 4.48. The zero-order valence-electron chi connectivity index (χ0n) is 9.18. The van der Waals surface area contributed by atoms with Gasteiger partial charge in [-0.3, -0.25) is 0 Å². The first-order valence-corrected chi connectivity index (χ1v) is 4.48. The van der Waals surface area contributed by atoms with Crippen LogP contribution in [0.4, 0.5) is 0 Å². The molecule has 1 rings (SSSR count). The molecule has 0 radical (unpaired) electrons. The van der Waals surface area contributed by atoms with E-state index < -0.39 is 0 Å². The molecule has 76 valence electrons. The lowest BCUT2D eigenvalue weighted by Gasteiger charge is -2.13. The van der Waals surface area contributed by atoms with Crippen molar-refractivity contribution in [3.05, 3.63) is 29.8 Å². The summed E-state index contributed by atoms with van der Waals surface area (Å²) in [6, 6.07) is 3.96. The lowest BCUT2D eigenvalue weighted by molar-refractivity contribution is 0.391. The first-order chi connectivity index (χ1) is 6.60. The third kappa shape index (κ3) is 1.90. The van der Waals surface area contributed by atoms with E-state index in [1.54, 1.807) is 14.2 Å². The van der Waals surface area contributed by atoms with Crippen molar-refractivity contribution >= 4 is 5.57 Å². The lowest BCUT2D eigenvalue weighted by Crippen LogP contribution is -1.95. The molecule has 0 N–H and O–H groups in total. The van der Waals surface area contributed by atoms with Gasteiger partial charge in [-0.15, -0.1) is 0 Å². The van der Waals surface area contributed by atoms with Crippen LogP contribution in [0.3, 0.4) is 0 Å². The zero-order chi connectivity index (χ0) is 10.7. The van der Waals surface area contributed by atoms with E-state index in [0.29, 0.717) is 0 Å². The molecule has 0 amide bonds. The molecule has 0 aliphatic heterocycles. The summed E-state index contributed by atoms with van der Waals surface area (Å²) in [6.45, 7) is 7.86. The van der Waals surface area contributed by atoms with Crippen LogP contribution in [-0.4, -0.2) is 14.2 Å². The molecule has 0 bridgehead atoms. The molecule has 0 atom stereocenters. The van der Waals surface area contributed by atoms with Crippen molar-refractivity contribution in [2.24, 2.45) is 0 Å². The van der Waals surface area contributed by atoms with E-state index in [1.807, 2.05) is 26.0 Å². The molecule has 0 aliphatic carbocycles. The van der Waals surface area contributed by atoms with E-state index in [1.165, 1.54) is 0 Å². The van der Waals surface area contributed by atoms with Crippen molar-refractivity contribution in [3.8, 4) is 11.5 Å². The van der Waals surface area contributed by atoms with Gasteiger partial charge in [-0.25, -0.2) is 0 Å². The second-order valence-electron chi connectivity index (χ2n) is 3.32. The molecule has 1 aromatic carbocycles. The summed E-state index contributed by atoms with van der Waals surface area (Å²) < 4.78 is 10.6. The first kappa shape index (κ1) is 10.6. The molecule has 0 heterocycles. The Morgan fingerprint density at radius 2 is 1.57 bits per heavy atom. The van der Waals surface area contributed by atoms with Gasteiger partial charge in [0.25, 0.3) is 0 Å². The average molecular weight is 192 g/mol. The quantitative estimate of drug-likeness (QED) is 0.732. The van der Waals surface area contributed by atoms with Gasteiger partial charge in [-0.1, -0.05) is 6.58 Å². The average Bonchev–Trinajstić information content (AvgIpc) is 2.15. The topological polar surface area (TPSA) is 18.5 Å². The minimum Gasteiger partial charge on any atom is -0.496 e. The molecule has 0 aliphatic rings. The van der Waals surface area contributed by atoms with Gasteiger partial charge in [-0.2, -0.15) is 0 Å². The molecule has 2 nitrogen and oxygen atoms in total. The number of ether oxygens (including phenoxy) is 2. The van der Waals surface area contributed by atoms with Crippen molar-refractivity contribution in [3.63, 3.8) is 0 Å². The van der Waals surface area contributed by atoms with Gasteiger partial charge < -0.3 is 9.47 Å². The number of aryl methyl sites for hydroxylation is 1. The summed E-state index contributed by atoms with van der Waals surface area (Å²) in [5.41, 5.74) is 3.00. The second-order valence-corrected chi connectivity index (χ2v) is 3.32. The van der Waals surface area contributed by atoms with Gasteiger partial charge in [0, 0.05) is 0 Å². The van der Waals surface area contributed by atoms with Crippen LogP contribution in [0.15, 0.2) is 18.7 Å². The van der Waals surface area contributed by atoms with E-state index in [0.717, 1.165) is 28.2 Å². The summed E-state index contributed by atoms with van der Waals surface area (Å²) in [5, 5.41) is 0. The Balaban J connectivity index is 3.40. The fraction of sp³-hybridized carbons (Fsp3) is 0.333. The maximum Gasteiger partial charge on any atom is 0.130 e. The van der Waals surface area contributed by atoms with E-state index >= 15 is 0 Å². The molecular formula is C12H16O2. The summed E-state index contributed by atoms with van der Waals surface area (Å²) in [5.74, 6) is 1.63. The van der Waals surface area contributed by atoms with Crippen molar-refractivity contribution in [1.29, 1.82) is 0 Å². The zero-order valence-corrected chi connectivity index (χ0v) is 9.18. The summed E-state index contributed by atoms with van der Waals surface area (Å²) in [7, 11) is 3.31. The smallest absolute Gasteiger partial charge is 0.130 e. The third-order valence-corrected chi connectivity index (χ3v) is 2.08. The number of allylic oxidation sites excluding steroid dienone is 1. The van der Waals surface area contributed by atoms with E-state index in [2.05, 4.69) is 6.58 Å². The van der Waals surface area contributed by atoms with Crippen LogP contribution < -0.4 is 9.47 Å². The van der Waals surface area contributed by atoms with Gasteiger partial charge >= 0.3 is 0 Å². The van der Waals surface area contributed by atoms with Crippen LogP contribution in [0.2, 0.25) is 0 Å². The number of rotatable bonds is 3. The van der Waals surface area contributed by atoms with Crippen molar-refractivity contribution in [2.45, 2.75) is 13.8 Å². The van der Waals surface area contributed by atoms with Crippen LogP contribution in [0.5, 0.6) is 11.5 Å². The van der Waals surface area contributed by atoms with Gasteiger partial charge in [0.1, 0.15) is 11.5 Å².